The molecule has 148 valence electrons. The number of carbonyl (C=O) groups excluding carboxylic acids is 1. The highest BCUT2D eigenvalue weighted by molar-refractivity contribution is 9.10. The van der Waals surface area contributed by atoms with Crippen LogP contribution in [-0.4, -0.2) is 61.5 Å². The van der Waals surface area contributed by atoms with Crippen LogP contribution in [0, 0.1) is 0 Å². The minimum atomic E-state index is -1.13. The lowest BCUT2D eigenvalue weighted by Gasteiger charge is -2.28. The van der Waals surface area contributed by atoms with Gasteiger partial charge in [-0.15, -0.1) is 0 Å². The molecule has 3 rings (SSSR count). The molecule has 1 aliphatic rings. The number of ether oxygens (including phenoxy) is 2. The molecule has 0 saturated carbocycles. The first-order valence-electron chi connectivity index (χ1n) is 8.65. The third-order valence-electron chi connectivity index (χ3n) is 4.19. The smallest absolute Gasteiger partial charge is 0.339 e. The van der Waals surface area contributed by atoms with Gasteiger partial charge in [0.25, 0.3) is 5.91 Å². The topological polar surface area (TPSA) is 101 Å². The van der Waals surface area contributed by atoms with E-state index >= 15 is 0 Å². The standard InChI is InChI=1S/C19H20BrN3O5/c1-23(10-15-11-27-6-7-28-15)17-16(19(25)26)8-14(9-21-17)22-18(24)12-2-4-13(20)5-3-12/h2-5,8-9,15H,6-7,10-11H2,1H3,(H,22,24)(H,25,26). The zero-order valence-corrected chi connectivity index (χ0v) is 16.8. The monoisotopic (exact) mass is 449 g/mol. The number of hydrogen-bond acceptors (Lipinski definition) is 6. The third kappa shape index (κ3) is 5.06. The van der Waals surface area contributed by atoms with E-state index in [1.165, 1.54) is 12.3 Å². The van der Waals surface area contributed by atoms with E-state index in [2.05, 4.69) is 26.2 Å². The zero-order valence-electron chi connectivity index (χ0n) is 15.2. The number of carboxylic acids is 1. The molecule has 0 spiro atoms. The van der Waals surface area contributed by atoms with Crippen molar-refractivity contribution in [3.8, 4) is 0 Å². The molecule has 1 aromatic carbocycles. The number of hydrogen-bond donors (Lipinski definition) is 2. The molecule has 0 aliphatic carbocycles. The number of aromatic nitrogens is 1. The Hall–Kier alpha value is -2.49. The minimum Gasteiger partial charge on any atom is -0.478 e. The van der Waals surface area contributed by atoms with Crippen LogP contribution in [0.25, 0.3) is 0 Å². The number of nitrogens with zero attached hydrogens (tertiary/aromatic N) is 2. The number of carbonyl (C=O) groups is 2. The number of pyridine rings is 1. The quantitative estimate of drug-likeness (QED) is 0.698. The van der Waals surface area contributed by atoms with Gasteiger partial charge in [0.1, 0.15) is 11.4 Å². The van der Waals surface area contributed by atoms with E-state index < -0.39 is 5.97 Å². The molecule has 1 unspecified atom stereocenters. The van der Waals surface area contributed by atoms with E-state index in [0.717, 1.165) is 4.47 Å². The third-order valence-corrected chi connectivity index (χ3v) is 4.71. The Kier molecular flexibility index (Phi) is 6.61. The van der Waals surface area contributed by atoms with Crippen LogP contribution in [0.15, 0.2) is 41.0 Å². The maximum Gasteiger partial charge on any atom is 0.339 e. The van der Waals surface area contributed by atoms with Crippen molar-refractivity contribution in [3.63, 3.8) is 0 Å². The number of aromatic carboxylic acids is 1. The maximum absolute atomic E-state index is 12.3. The Bertz CT molecular complexity index is 853. The number of amides is 1. The van der Waals surface area contributed by atoms with E-state index in [4.69, 9.17) is 9.47 Å². The molecular formula is C19H20BrN3O5. The number of anilines is 2. The molecule has 9 heteroatoms. The fourth-order valence-electron chi connectivity index (χ4n) is 2.83. The average molecular weight is 450 g/mol. The van der Waals surface area contributed by atoms with E-state index in [-0.39, 0.29) is 17.6 Å². The van der Waals surface area contributed by atoms with Crippen molar-refractivity contribution < 1.29 is 24.2 Å². The second kappa shape index (κ2) is 9.13. The molecule has 8 nitrogen and oxygen atoms in total. The molecular weight excluding hydrogens is 430 g/mol. The molecule has 2 aromatic rings. The van der Waals surface area contributed by atoms with Crippen LogP contribution in [0.2, 0.25) is 0 Å². The highest BCUT2D eigenvalue weighted by Crippen LogP contribution is 2.22. The van der Waals surface area contributed by atoms with E-state index in [0.29, 0.717) is 43.4 Å². The van der Waals surface area contributed by atoms with Crippen LogP contribution in [0.3, 0.4) is 0 Å². The van der Waals surface area contributed by atoms with Crippen molar-refractivity contribution in [1.82, 2.24) is 4.98 Å². The zero-order chi connectivity index (χ0) is 20.1. The maximum atomic E-state index is 12.3. The predicted molar refractivity (Wildman–Crippen MR) is 107 cm³/mol. The summed E-state index contributed by atoms with van der Waals surface area (Å²) in [6.07, 6.45) is 1.28. The highest BCUT2D eigenvalue weighted by atomic mass is 79.9. The summed E-state index contributed by atoms with van der Waals surface area (Å²) in [5, 5.41) is 12.3. The number of carboxylic acid groups (broad SMARTS) is 1. The molecule has 1 aromatic heterocycles. The molecule has 1 aliphatic heterocycles. The second-order valence-corrected chi connectivity index (χ2v) is 7.23. The van der Waals surface area contributed by atoms with Crippen molar-refractivity contribution in [2.24, 2.45) is 0 Å². The van der Waals surface area contributed by atoms with Crippen LogP contribution in [0.4, 0.5) is 11.5 Å². The van der Waals surface area contributed by atoms with Crippen LogP contribution >= 0.6 is 15.9 Å². The molecule has 2 N–H and O–H groups in total. The fourth-order valence-corrected chi connectivity index (χ4v) is 3.09. The Labute approximate surface area is 170 Å². The summed E-state index contributed by atoms with van der Waals surface area (Å²) in [5.41, 5.74) is 0.753. The lowest BCUT2D eigenvalue weighted by atomic mass is 10.2. The number of benzene rings is 1. The SMILES string of the molecule is CN(CC1COCCO1)c1ncc(NC(=O)c2ccc(Br)cc2)cc1C(=O)O. The van der Waals surface area contributed by atoms with Gasteiger partial charge in [-0.1, -0.05) is 15.9 Å². The van der Waals surface area contributed by atoms with Gasteiger partial charge in [-0.2, -0.15) is 0 Å². The van der Waals surface area contributed by atoms with Gasteiger partial charge in [0.15, 0.2) is 0 Å². The van der Waals surface area contributed by atoms with Crippen LogP contribution in [-0.2, 0) is 9.47 Å². The molecule has 1 atom stereocenters. The van der Waals surface area contributed by atoms with Gasteiger partial charge in [-0.25, -0.2) is 9.78 Å². The largest absolute Gasteiger partial charge is 0.478 e. The molecule has 1 saturated heterocycles. The van der Waals surface area contributed by atoms with Gasteiger partial charge in [0, 0.05) is 23.6 Å². The Morgan fingerprint density at radius 2 is 2.07 bits per heavy atom. The van der Waals surface area contributed by atoms with Crippen molar-refractivity contribution in [3.05, 3.63) is 52.1 Å². The Morgan fingerprint density at radius 1 is 1.32 bits per heavy atom. The van der Waals surface area contributed by atoms with Crippen molar-refractivity contribution in [1.29, 1.82) is 0 Å². The summed E-state index contributed by atoms with van der Waals surface area (Å²) in [7, 11) is 1.74. The van der Waals surface area contributed by atoms with E-state index in [1.807, 2.05) is 0 Å². The molecule has 28 heavy (non-hydrogen) atoms. The van der Waals surface area contributed by atoms with Crippen LogP contribution < -0.4 is 10.2 Å². The van der Waals surface area contributed by atoms with Gasteiger partial charge >= 0.3 is 5.97 Å². The normalized spacial score (nSPS) is 16.4. The molecule has 0 bridgehead atoms. The Balaban J connectivity index is 1.75. The Morgan fingerprint density at radius 3 is 2.71 bits per heavy atom. The molecule has 1 fully saturated rings. The predicted octanol–water partition coefficient (Wildman–Crippen LogP) is 2.65. The van der Waals surface area contributed by atoms with Gasteiger partial charge in [0.2, 0.25) is 0 Å². The fraction of sp³-hybridized carbons (Fsp3) is 0.316. The first kappa shape index (κ1) is 20.2. The van der Waals surface area contributed by atoms with Crippen molar-refractivity contribution in [2.75, 3.05) is 43.6 Å². The lowest BCUT2D eigenvalue weighted by molar-refractivity contribution is -0.0837. The molecule has 0 radical (unpaired) electrons. The second-order valence-electron chi connectivity index (χ2n) is 6.31. The molecule has 2 heterocycles. The summed E-state index contributed by atoms with van der Waals surface area (Å²) < 4.78 is 11.8. The van der Waals surface area contributed by atoms with E-state index in [1.54, 1.807) is 36.2 Å². The highest BCUT2D eigenvalue weighted by Gasteiger charge is 2.22. The summed E-state index contributed by atoms with van der Waals surface area (Å²) in [6, 6.07) is 8.24. The number of likely N-dealkylation sites (N-methyl/N-ethyl adjacent to an activating group) is 1. The average Bonchev–Trinajstić information content (AvgIpc) is 2.69. The van der Waals surface area contributed by atoms with Crippen molar-refractivity contribution in [2.45, 2.75) is 6.10 Å². The number of rotatable bonds is 6. The number of nitrogens with one attached hydrogen (secondary N) is 1. The van der Waals surface area contributed by atoms with Gasteiger partial charge in [0.05, 0.1) is 37.8 Å². The van der Waals surface area contributed by atoms with Crippen molar-refractivity contribution >= 4 is 39.3 Å². The summed E-state index contributed by atoms with van der Waals surface area (Å²) in [4.78, 5) is 30.0. The van der Waals surface area contributed by atoms with Crippen LogP contribution in [0.1, 0.15) is 20.7 Å². The summed E-state index contributed by atoms with van der Waals surface area (Å²) in [5.74, 6) is -1.18. The molecule has 1 amide bonds. The summed E-state index contributed by atoms with van der Waals surface area (Å²) >= 11 is 3.32. The van der Waals surface area contributed by atoms with Gasteiger partial charge < -0.3 is 24.8 Å². The first-order chi connectivity index (χ1) is 13.4. The lowest BCUT2D eigenvalue weighted by Crippen LogP contribution is -2.39. The summed E-state index contributed by atoms with van der Waals surface area (Å²) in [6.45, 7) is 1.97. The van der Waals surface area contributed by atoms with Crippen LogP contribution in [0.5, 0.6) is 0 Å². The van der Waals surface area contributed by atoms with Gasteiger partial charge in [-0.3, -0.25) is 4.79 Å². The number of halogens is 1. The first-order valence-corrected chi connectivity index (χ1v) is 9.44. The van der Waals surface area contributed by atoms with Gasteiger partial charge in [-0.05, 0) is 30.3 Å². The minimum absolute atomic E-state index is 0.00664. The van der Waals surface area contributed by atoms with E-state index in [9.17, 15) is 14.7 Å².